The molecule has 0 saturated carbocycles. The molecule has 1 N–H and O–H groups in total. The normalized spacial score (nSPS) is 23.1. The molecule has 2 aliphatic heterocycles. The van der Waals surface area contributed by atoms with Gasteiger partial charge in [0.1, 0.15) is 5.60 Å². The lowest BCUT2D eigenvalue weighted by molar-refractivity contribution is 0.0214. The number of hydrogen-bond acceptors (Lipinski definition) is 5. The van der Waals surface area contributed by atoms with Crippen molar-refractivity contribution in [1.82, 2.24) is 15.1 Å². The zero-order valence-electron chi connectivity index (χ0n) is 18.6. The summed E-state index contributed by atoms with van der Waals surface area (Å²) < 4.78 is 28.8. The first-order chi connectivity index (χ1) is 13.5. The van der Waals surface area contributed by atoms with Crippen LogP contribution in [0.15, 0.2) is 4.99 Å². The Hall–Kier alpha value is -1.51. The zero-order chi connectivity index (χ0) is 21.7. The number of nitrogens with zero attached hydrogens (tertiary/aromatic N) is 3. The van der Waals surface area contributed by atoms with Crippen LogP contribution in [-0.4, -0.2) is 87.1 Å². The average Bonchev–Trinajstić information content (AvgIpc) is 2.98. The minimum absolute atomic E-state index is 0.168. The highest BCUT2D eigenvalue weighted by molar-refractivity contribution is 7.91. The molecule has 0 aliphatic carbocycles. The molecule has 29 heavy (non-hydrogen) atoms. The Morgan fingerprint density at radius 1 is 1.21 bits per heavy atom. The molecule has 0 bridgehead atoms. The minimum Gasteiger partial charge on any atom is -0.444 e. The van der Waals surface area contributed by atoms with Crippen LogP contribution in [0, 0.1) is 11.8 Å². The molecule has 9 heteroatoms. The van der Waals surface area contributed by atoms with Crippen molar-refractivity contribution in [2.45, 2.75) is 52.6 Å². The van der Waals surface area contributed by atoms with E-state index in [0.29, 0.717) is 31.3 Å². The van der Waals surface area contributed by atoms with Crippen molar-refractivity contribution in [3.63, 3.8) is 0 Å². The van der Waals surface area contributed by atoms with Crippen molar-refractivity contribution in [1.29, 1.82) is 0 Å². The number of carbonyl (C=O) groups is 1. The van der Waals surface area contributed by atoms with Crippen LogP contribution in [0.4, 0.5) is 4.79 Å². The fraction of sp³-hybridized carbons (Fsp3) is 0.900. The zero-order valence-corrected chi connectivity index (χ0v) is 19.4. The molecule has 0 aromatic carbocycles. The summed E-state index contributed by atoms with van der Waals surface area (Å²) in [5, 5.41) is 3.36. The van der Waals surface area contributed by atoms with Gasteiger partial charge in [0.25, 0.3) is 0 Å². The summed E-state index contributed by atoms with van der Waals surface area (Å²) in [6, 6.07) is 0. The highest BCUT2D eigenvalue weighted by Gasteiger charge is 2.29. The maximum Gasteiger partial charge on any atom is 0.410 e. The second-order valence-corrected chi connectivity index (χ2v) is 11.4. The van der Waals surface area contributed by atoms with E-state index < -0.39 is 15.4 Å². The first kappa shape index (κ1) is 23.8. The van der Waals surface area contributed by atoms with E-state index in [9.17, 15) is 13.2 Å². The number of likely N-dealkylation sites (tertiary alicyclic amines) is 1. The lowest BCUT2D eigenvalue weighted by atomic mass is 9.96. The van der Waals surface area contributed by atoms with Crippen LogP contribution < -0.4 is 5.32 Å². The Kier molecular flexibility index (Phi) is 8.19. The highest BCUT2D eigenvalue weighted by atomic mass is 32.2. The van der Waals surface area contributed by atoms with Crippen LogP contribution in [0.2, 0.25) is 0 Å². The summed E-state index contributed by atoms with van der Waals surface area (Å²) in [5.41, 5.74) is -0.481. The number of sulfone groups is 1. The van der Waals surface area contributed by atoms with Gasteiger partial charge in [0.15, 0.2) is 15.8 Å². The third kappa shape index (κ3) is 7.68. The SMILES string of the molecule is CCN(CC1CCN(C(=NC)NCC2CCS(=O)(=O)C2)CC1)C(=O)OC(C)(C)C. The Labute approximate surface area is 176 Å². The molecule has 2 saturated heterocycles. The van der Waals surface area contributed by atoms with E-state index in [2.05, 4.69) is 15.2 Å². The van der Waals surface area contributed by atoms with Gasteiger partial charge in [-0.1, -0.05) is 0 Å². The smallest absolute Gasteiger partial charge is 0.410 e. The quantitative estimate of drug-likeness (QED) is 0.530. The molecular formula is C20H38N4O4S. The van der Waals surface area contributed by atoms with Gasteiger partial charge in [-0.05, 0) is 58.8 Å². The summed E-state index contributed by atoms with van der Waals surface area (Å²) in [5.74, 6) is 2.02. The van der Waals surface area contributed by atoms with Crippen molar-refractivity contribution in [3.05, 3.63) is 0 Å². The van der Waals surface area contributed by atoms with Crippen molar-refractivity contribution < 1.29 is 17.9 Å². The Balaban J connectivity index is 1.78. The summed E-state index contributed by atoms with van der Waals surface area (Å²) in [7, 11) is -1.09. The fourth-order valence-electron chi connectivity index (χ4n) is 3.90. The van der Waals surface area contributed by atoms with Crippen LogP contribution in [0.5, 0.6) is 0 Å². The Morgan fingerprint density at radius 3 is 2.34 bits per heavy atom. The molecule has 0 aromatic heterocycles. The predicted octanol–water partition coefficient (Wildman–Crippen LogP) is 1.97. The van der Waals surface area contributed by atoms with Gasteiger partial charge < -0.3 is 19.9 Å². The predicted molar refractivity (Wildman–Crippen MR) is 116 cm³/mol. The minimum atomic E-state index is -2.85. The molecule has 168 valence electrons. The molecule has 2 fully saturated rings. The first-order valence-electron chi connectivity index (χ1n) is 10.7. The van der Waals surface area contributed by atoms with Crippen LogP contribution in [0.1, 0.15) is 47.0 Å². The van der Waals surface area contributed by atoms with E-state index >= 15 is 0 Å². The highest BCUT2D eigenvalue weighted by Crippen LogP contribution is 2.21. The Morgan fingerprint density at radius 2 is 1.86 bits per heavy atom. The number of ether oxygens (including phenoxy) is 1. The Bertz CT molecular complexity index is 679. The molecule has 0 aromatic rings. The van der Waals surface area contributed by atoms with E-state index in [1.54, 1.807) is 11.9 Å². The van der Waals surface area contributed by atoms with E-state index in [1.807, 2.05) is 27.7 Å². The number of aliphatic imine (C=N–C) groups is 1. The molecular weight excluding hydrogens is 392 g/mol. The molecule has 0 radical (unpaired) electrons. The molecule has 1 atom stereocenters. The van der Waals surface area contributed by atoms with Crippen LogP contribution in [-0.2, 0) is 14.6 Å². The van der Waals surface area contributed by atoms with E-state index in [4.69, 9.17) is 4.74 Å². The van der Waals surface area contributed by atoms with Gasteiger partial charge >= 0.3 is 6.09 Å². The van der Waals surface area contributed by atoms with Crippen molar-refractivity contribution in [3.8, 4) is 0 Å². The van der Waals surface area contributed by atoms with E-state index in [0.717, 1.165) is 38.3 Å². The molecule has 1 amide bonds. The topological polar surface area (TPSA) is 91.3 Å². The molecule has 2 rings (SSSR count). The van der Waals surface area contributed by atoms with Gasteiger partial charge in [-0.25, -0.2) is 13.2 Å². The molecule has 2 aliphatic rings. The average molecular weight is 431 g/mol. The summed E-state index contributed by atoms with van der Waals surface area (Å²) in [6.07, 6.45) is 2.45. The van der Waals surface area contributed by atoms with Gasteiger partial charge in [0, 0.05) is 39.8 Å². The third-order valence-corrected chi connectivity index (χ3v) is 7.35. The molecule has 1 unspecified atom stereocenters. The third-order valence-electron chi connectivity index (χ3n) is 5.51. The number of rotatable bonds is 5. The maximum atomic E-state index is 12.4. The number of hydrogen-bond donors (Lipinski definition) is 1. The number of piperidine rings is 1. The lowest BCUT2D eigenvalue weighted by Crippen LogP contribution is -2.48. The number of carbonyl (C=O) groups excluding carboxylic acids is 1. The van der Waals surface area contributed by atoms with Crippen molar-refractivity contribution in [2.75, 3.05) is 51.3 Å². The largest absolute Gasteiger partial charge is 0.444 e. The fourth-order valence-corrected chi connectivity index (χ4v) is 5.76. The van der Waals surface area contributed by atoms with E-state index in [1.165, 1.54) is 0 Å². The molecule has 2 heterocycles. The number of nitrogens with one attached hydrogen (secondary N) is 1. The van der Waals surface area contributed by atoms with Gasteiger partial charge in [-0.3, -0.25) is 4.99 Å². The van der Waals surface area contributed by atoms with Gasteiger partial charge in [0.05, 0.1) is 11.5 Å². The van der Waals surface area contributed by atoms with Gasteiger partial charge in [-0.2, -0.15) is 0 Å². The van der Waals surface area contributed by atoms with Crippen LogP contribution in [0.3, 0.4) is 0 Å². The number of guanidine groups is 1. The second kappa shape index (κ2) is 10.00. The lowest BCUT2D eigenvalue weighted by Gasteiger charge is -2.36. The van der Waals surface area contributed by atoms with Crippen molar-refractivity contribution >= 4 is 21.9 Å². The molecule has 0 spiro atoms. The number of amides is 1. The standard InChI is InChI=1S/C20H38N4O4S/c1-6-23(19(25)28-20(2,3)4)14-16-7-10-24(11-8-16)18(21-5)22-13-17-9-12-29(26,27)15-17/h16-17H,6-15H2,1-5H3,(H,21,22). The van der Waals surface area contributed by atoms with Gasteiger partial charge in [0.2, 0.25) is 0 Å². The first-order valence-corrected chi connectivity index (χ1v) is 12.5. The molecule has 8 nitrogen and oxygen atoms in total. The second-order valence-electron chi connectivity index (χ2n) is 9.15. The van der Waals surface area contributed by atoms with Gasteiger partial charge in [-0.15, -0.1) is 0 Å². The van der Waals surface area contributed by atoms with Crippen LogP contribution >= 0.6 is 0 Å². The summed E-state index contributed by atoms with van der Waals surface area (Å²) in [6.45, 7) is 11.4. The summed E-state index contributed by atoms with van der Waals surface area (Å²) in [4.78, 5) is 20.8. The van der Waals surface area contributed by atoms with Crippen molar-refractivity contribution in [2.24, 2.45) is 16.8 Å². The monoisotopic (exact) mass is 430 g/mol. The van der Waals surface area contributed by atoms with Crippen LogP contribution in [0.25, 0.3) is 0 Å². The van der Waals surface area contributed by atoms with E-state index in [-0.39, 0.29) is 17.8 Å². The summed E-state index contributed by atoms with van der Waals surface area (Å²) >= 11 is 0. The maximum absolute atomic E-state index is 12.4.